The predicted octanol–water partition coefficient (Wildman–Crippen LogP) is 3.34. The molecule has 3 heterocycles. The Kier molecular flexibility index (Phi) is 4.21. The van der Waals surface area contributed by atoms with Gasteiger partial charge in [-0.15, -0.1) is 0 Å². The number of halogens is 1. The average Bonchev–Trinajstić information content (AvgIpc) is 3.08. The van der Waals surface area contributed by atoms with E-state index < -0.39 is 10.0 Å². The molecule has 0 radical (unpaired) electrons. The van der Waals surface area contributed by atoms with Gasteiger partial charge in [0, 0.05) is 23.3 Å². The number of rotatable bonds is 4. The standard InChI is InChI=1S/C19H15FN4O2S/c1-21-27(25,26)16-7-6-15-17(12-8-10-22-11-9-12)18(24-19(15)23-16)13-2-4-14(20)5-3-13/h2-11,21H,1H3,(H,23,24). The lowest BCUT2D eigenvalue weighted by molar-refractivity contribution is 0.585. The van der Waals surface area contributed by atoms with E-state index in [-0.39, 0.29) is 10.8 Å². The lowest BCUT2D eigenvalue weighted by Crippen LogP contribution is -2.19. The van der Waals surface area contributed by atoms with Crippen molar-refractivity contribution >= 4 is 21.1 Å². The fourth-order valence-corrected chi connectivity index (χ4v) is 3.63. The number of pyridine rings is 2. The number of sulfonamides is 1. The first kappa shape index (κ1) is 17.3. The molecule has 0 saturated carbocycles. The van der Waals surface area contributed by atoms with Crippen LogP contribution >= 0.6 is 0 Å². The number of H-pyrrole nitrogens is 1. The zero-order valence-electron chi connectivity index (χ0n) is 14.3. The van der Waals surface area contributed by atoms with Gasteiger partial charge >= 0.3 is 0 Å². The number of fused-ring (bicyclic) bond motifs is 1. The summed E-state index contributed by atoms with van der Waals surface area (Å²) in [5.74, 6) is -0.333. The monoisotopic (exact) mass is 382 g/mol. The summed E-state index contributed by atoms with van der Waals surface area (Å²) in [6, 6.07) is 13.0. The van der Waals surface area contributed by atoms with Crippen molar-refractivity contribution in [1.29, 1.82) is 0 Å². The normalized spacial score (nSPS) is 11.8. The van der Waals surface area contributed by atoms with Crippen LogP contribution in [0.25, 0.3) is 33.4 Å². The Morgan fingerprint density at radius 3 is 2.33 bits per heavy atom. The number of aromatic nitrogens is 3. The van der Waals surface area contributed by atoms with Crippen LogP contribution in [0, 0.1) is 5.82 Å². The van der Waals surface area contributed by atoms with Crippen LogP contribution in [0.2, 0.25) is 0 Å². The van der Waals surface area contributed by atoms with E-state index >= 15 is 0 Å². The SMILES string of the molecule is CNS(=O)(=O)c1ccc2c(-c3ccncc3)c(-c3ccc(F)cc3)[nH]c2n1. The number of hydrogen-bond donors (Lipinski definition) is 2. The second kappa shape index (κ2) is 6.57. The second-order valence-electron chi connectivity index (χ2n) is 5.87. The summed E-state index contributed by atoms with van der Waals surface area (Å²) in [5.41, 5.74) is 3.65. The van der Waals surface area contributed by atoms with Crippen LogP contribution in [-0.4, -0.2) is 30.4 Å². The fourth-order valence-electron chi connectivity index (χ4n) is 2.96. The first-order valence-corrected chi connectivity index (χ1v) is 9.60. The third-order valence-electron chi connectivity index (χ3n) is 4.28. The highest BCUT2D eigenvalue weighted by Gasteiger charge is 2.19. The maximum atomic E-state index is 13.3. The van der Waals surface area contributed by atoms with Gasteiger partial charge in [0.1, 0.15) is 11.5 Å². The summed E-state index contributed by atoms with van der Waals surface area (Å²) >= 11 is 0. The predicted molar refractivity (Wildman–Crippen MR) is 101 cm³/mol. The van der Waals surface area contributed by atoms with E-state index in [1.165, 1.54) is 25.2 Å². The molecule has 27 heavy (non-hydrogen) atoms. The van der Waals surface area contributed by atoms with Crippen LogP contribution < -0.4 is 4.72 Å². The van der Waals surface area contributed by atoms with E-state index in [4.69, 9.17) is 0 Å². The smallest absolute Gasteiger partial charge is 0.257 e. The molecule has 0 saturated heterocycles. The first-order valence-electron chi connectivity index (χ1n) is 8.12. The quantitative estimate of drug-likeness (QED) is 0.567. The Labute approximate surface area is 155 Å². The number of nitrogens with zero attached hydrogens (tertiary/aromatic N) is 2. The third kappa shape index (κ3) is 3.09. The largest absolute Gasteiger partial charge is 0.339 e. The molecule has 0 aliphatic rings. The average molecular weight is 382 g/mol. The zero-order chi connectivity index (χ0) is 19.0. The Bertz CT molecular complexity index is 1220. The Balaban J connectivity index is 2.02. The Morgan fingerprint density at radius 1 is 0.963 bits per heavy atom. The van der Waals surface area contributed by atoms with E-state index in [1.54, 1.807) is 30.6 Å². The lowest BCUT2D eigenvalue weighted by Gasteiger charge is -2.05. The molecule has 2 N–H and O–H groups in total. The molecule has 0 aliphatic heterocycles. The molecule has 0 fully saturated rings. The summed E-state index contributed by atoms with van der Waals surface area (Å²) in [7, 11) is -2.33. The van der Waals surface area contributed by atoms with Crippen molar-refractivity contribution in [3.8, 4) is 22.4 Å². The van der Waals surface area contributed by atoms with E-state index in [0.29, 0.717) is 5.65 Å². The minimum absolute atomic E-state index is 0.0781. The van der Waals surface area contributed by atoms with Crippen molar-refractivity contribution in [2.45, 2.75) is 5.03 Å². The van der Waals surface area contributed by atoms with Gasteiger partial charge in [-0.2, -0.15) is 0 Å². The molecule has 0 spiro atoms. The highest BCUT2D eigenvalue weighted by molar-refractivity contribution is 7.89. The summed E-state index contributed by atoms with van der Waals surface area (Å²) in [4.78, 5) is 11.5. The molecule has 4 rings (SSSR count). The van der Waals surface area contributed by atoms with Crippen LogP contribution in [0.1, 0.15) is 0 Å². The van der Waals surface area contributed by atoms with Gasteiger partial charge < -0.3 is 4.98 Å². The second-order valence-corrected chi connectivity index (χ2v) is 7.70. The summed E-state index contributed by atoms with van der Waals surface area (Å²) in [6.45, 7) is 0. The maximum absolute atomic E-state index is 13.3. The maximum Gasteiger partial charge on any atom is 0.257 e. The van der Waals surface area contributed by atoms with E-state index in [9.17, 15) is 12.8 Å². The Hall–Kier alpha value is -3.10. The van der Waals surface area contributed by atoms with Gasteiger partial charge in [-0.3, -0.25) is 4.98 Å². The van der Waals surface area contributed by atoms with Gasteiger partial charge in [0.15, 0.2) is 5.03 Å². The minimum atomic E-state index is -3.67. The topological polar surface area (TPSA) is 87.7 Å². The van der Waals surface area contributed by atoms with Crippen molar-refractivity contribution in [1.82, 2.24) is 19.7 Å². The molecule has 6 nitrogen and oxygen atoms in total. The third-order valence-corrected chi connectivity index (χ3v) is 5.59. The molecule has 136 valence electrons. The van der Waals surface area contributed by atoms with Crippen molar-refractivity contribution in [3.63, 3.8) is 0 Å². The molecule has 0 bridgehead atoms. The number of nitrogens with one attached hydrogen (secondary N) is 2. The molecule has 0 unspecified atom stereocenters. The van der Waals surface area contributed by atoms with Gasteiger partial charge in [0.05, 0.1) is 5.69 Å². The molecule has 0 aliphatic carbocycles. The van der Waals surface area contributed by atoms with Gasteiger partial charge in [0.2, 0.25) is 0 Å². The van der Waals surface area contributed by atoms with Crippen molar-refractivity contribution in [2.75, 3.05) is 7.05 Å². The Morgan fingerprint density at radius 2 is 1.67 bits per heavy atom. The molecule has 8 heteroatoms. The van der Waals surface area contributed by atoms with E-state index in [1.807, 2.05) is 12.1 Å². The van der Waals surface area contributed by atoms with Crippen LogP contribution in [0.4, 0.5) is 4.39 Å². The van der Waals surface area contributed by atoms with Gasteiger partial charge in [-0.1, -0.05) is 0 Å². The van der Waals surface area contributed by atoms with Crippen LogP contribution in [0.5, 0.6) is 0 Å². The summed E-state index contributed by atoms with van der Waals surface area (Å²) < 4.78 is 39.8. The fraction of sp³-hybridized carbons (Fsp3) is 0.0526. The van der Waals surface area contributed by atoms with E-state index in [0.717, 1.165) is 27.8 Å². The zero-order valence-corrected chi connectivity index (χ0v) is 15.1. The highest BCUT2D eigenvalue weighted by atomic mass is 32.2. The number of aromatic amines is 1. The van der Waals surface area contributed by atoms with Crippen LogP contribution in [0.15, 0.2) is 66.0 Å². The number of hydrogen-bond acceptors (Lipinski definition) is 4. The minimum Gasteiger partial charge on any atom is -0.339 e. The van der Waals surface area contributed by atoms with Crippen LogP contribution in [-0.2, 0) is 10.0 Å². The molecule has 0 amide bonds. The number of benzene rings is 1. The van der Waals surface area contributed by atoms with E-state index in [2.05, 4.69) is 19.7 Å². The van der Waals surface area contributed by atoms with Gasteiger partial charge in [0.25, 0.3) is 10.0 Å². The lowest BCUT2D eigenvalue weighted by atomic mass is 10.00. The van der Waals surface area contributed by atoms with Crippen molar-refractivity contribution in [3.05, 3.63) is 66.7 Å². The summed E-state index contributed by atoms with van der Waals surface area (Å²) in [5, 5.41) is 0.682. The first-order chi connectivity index (χ1) is 13.0. The molecule has 4 aromatic rings. The molecule has 3 aromatic heterocycles. The highest BCUT2D eigenvalue weighted by Crippen LogP contribution is 2.37. The van der Waals surface area contributed by atoms with Crippen LogP contribution in [0.3, 0.4) is 0 Å². The van der Waals surface area contributed by atoms with Crippen molar-refractivity contribution in [2.24, 2.45) is 0 Å². The summed E-state index contributed by atoms with van der Waals surface area (Å²) in [6.07, 6.45) is 3.35. The molecule has 1 aromatic carbocycles. The van der Waals surface area contributed by atoms with Crippen molar-refractivity contribution < 1.29 is 12.8 Å². The van der Waals surface area contributed by atoms with Gasteiger partial charge in [-0.25, -0.2) is 22.5 Å². The molecule has 0 atom stereocenters. The van der Waals surface area contributed by atoms with Gasteiger partial charge in [-0.05, 0) is 66.7 Å². The molecular weight excluding hydrogens is 367 g/mol. The molecular formula is C19H15FN4O2S.